The molecule has 0 aliphatic heterocycles. The Hall–Kier alpha value is -1.05. The van der Waals surface area contributed by atoms with Crippen molar-refractivity contribution in [1.82, 2.24) is 0 Å². The van der Waals surface area contributed by atoms with Gasteiger partial charge in [0.15, 0.2) is 0 Å². The highest BCUT2D eigenvalue weighted by Gasteiger charge is 2.55. The van der Waals surface area contributed by atoms with E-state index in [2.05, 4.69) is 39.5 Å². The van der Waals surface area contributed by atoms with Crippen molar-refractivity contribution in [1.29, 1.82) is 0 Å². The number of fused-ring (bicyclic) bond motifs is 3. The van der Waals surface area contributed by atoms with Crippen LogP contribution in [-0.2, 0) is 9.53 Å². The molecule has 5 atom stereocenters. The van der Waals surface area contributed by atoms with E-state index in [1.54, 1.807) is 5.57 Å². The molecule has 0 bridgehead atoms. The Kier molecular flexibility index (Phi) is 4.23. The van der Waals surface area contributed by atoms with Crippen molar-refractivity contribution in [2.75, 3.05) is 6.61 Å². The summed E-state index contributed by atoms with van der Waals surface area (Å²) in [7, 11) is 0. The van der Waals surface area contributed by atoms with Crippen molar-refractivity contribution in [3.63, 3.8) is 0 Å². The van der Waals surface area contributed by atoms with E-state index in [9.17, 15) is 4.79 Å². The fourth-order valence-electron chi connectivity index (χ4n) is 6.22. The van der Waals surface area contributed by atoms with E-state index in [1.165, 1.54) is 44.9 Å². The lowest BCUT2D eigenvalue weighted by Crippen LogP contribution is -2.53. The number of ether oxygens (including phenoxy) is 1. The number of carbonyl (C=O) groups excluding carboxylic acids is 1. The summed E-state index contributed by atoms with van der Waals surface area (Å²) in [6, 6.07) is 0. The minimum Gasteiger partial charge on any atom is -0.467 e. The van der Waals surface area contributed by atoms with Crippen LogP contribution >= 0.6 is 0 Å². The van der Waals surface area contributed by atoms with Gasteiger partial charge in [0.1, 0.15) is 0 Å². The Morgan fingerprint density at radius 3 is 2.74 bits per heavy atom. The Bertz CT molecular complexity index is 522. The average Bonchev–Trinajstić information content (AvgIpc) is 2.52. The molecule has 2 heteroatoms. The van der Waals surface area contributed by atoms with Crippen molar-refractivity contribution < 1.29 is 9.53 Å². The summed E-state index contributed by atoms with van der Waals surface area (Å²) in [4.78, 5) is 10.7. The Morgan fingerprint density at radius 2 is 2.04 bits per heavy atom. The van der Waals surface area contributed by atoms with Crippen LogP contribution in [-0.4, -0.2) is 13.1 Å². The molecule has 0 spiro atoms. The first kappa shape index (κ1) is 16.8. The van der Waals surface area contributed by atoms with E-state index in [4.69, 9.17) is 4.74 Å². The van der Waals surface area contributed by atoms with Crippen LogP contribution < -0.4 is 0 Å². The second-order valence-electron chi connectivity index (χ2n) is 9.03. The highest BCUT2D eigenvalue weighted by Crippen LogP contribution is 2.63. The number of allylic oxidation sites excluding steroid dienone is 3. The first-order chi connectivity index (χ1) is 10.9. The van der Waals surface area contributed by atoms with Gasteiger partial charge in [-0.25, -0.2) is 0 Å². The number of rotatable bonds is 4. The molecule has 0 radical (unpaired) electrons. The van der Waals surface area contributed by atoms with Gasteiger partial charge in [-0.3, -0.25) is 4.79 Å². The van der Waals surface area contributed by atoms with E-state index in [0.29, 0.717) is 30.3 Å². The number of hydrogen-bond acceptors (Lipinski definition) is 2. The molecule has 0 amide bonds. The van der Waals surface area contributed by atoms with E-state index < -0.39 is 0 Å². The van der Waals surface area contributed by atoms with Crippen LogP contribution in [0.5, 0.6) is 0 Å². The molecule has 3 aliphatic carbocycles. The standard InChI is InChI=1S/C21H32O2/c1-5-19(2)12-9-17-16(13-19)7-8-18-20(3,14-23-15-22)10-6-11-21(17,18)4/h5,13,15,17-18H,1,6-12,14H2,2-4H3. The lowest BCUT2D eigenvalue weighted by molar-refractivity contribution is -0.141. The van der Waals surface area contributed by atoms with E-state index in [0.717, 1.165) is 0 Å². The van der Waals surface area contributed by atoms with Crippen molar-refractivity contribution in [2.24, 2.45) is 28.1 Å². The van der Waals surface area contributed by atoms with Gasteiger partial charge in [-0.2, -0.15) is 0 Å². The van der Waals surface area contributed by atoms with Gasteiger partial charge < -0.3 is 4.74 Å². The molecule has 0 saturated heterocycles. The topological polar surface area (TPSA) is 26.3 Å². The molecule has 5 unspecified atom stereocenters. The largest absolute Gasteiger partial charge is 0.467 e. The fourth-order valence-corrected chi connectivity index (χ4v) is 6.22. The van der Waals surface area contributed by atoms with Crippen LogP contribution in [0.4, 0.5) is 0 Å². The third kappa shape index (κ3) is 2.68. The van der Waals surface area contributed by atoms with Gasteiger partial charge in [0.2, 0.25) is 0 Å². The van der Waals surface area contributed by atoms with Crippen LogP contribution in [0.3, 0.4) is 0 Å². The maximum absolute atomic E-state index is 10.7. The minimum absolute atomic E-state index is 0.151. The van der Waals surface area contributed by atoms with Crippen molar-refractivity contribution >= 4 is 6.47 Å². The summed E-state index contributed by atoms with van der Waals surface area (Å²) >= 11 is 0. The van der Waals surface area contributed by atoms with Crippen LogP contribution in [0.2, 0.25) is 0 Å². The predicted octanol–water partition coefficient (Wildman–Crippen LogP) is 5.29. The molecule has 0 aromatic rings. The average molecular weight is 316 g/mol. The second kappa shape index (κ2) is 5.79. The molecule has 0 N–H and O–H groups in total. The Balaban J connectivity index is 1.91. The molecular formula is C21H32O2. The van der Waals surface area contributed by atoms with E-state index >= 15 is 0 Å². The Labute approximate surface area is 141 Å². The van der Waals surface area contributed by atoms with Gasteiger partial charge in [-0.15, -0.1) is 6.58 Å². The Morgan fingerprint density at radius 1 is 1.26 bits per heavy atom. The molecule has 3 rings (SSSR count). The molecule has 2 saturated carbocycles. The van der Waals surface area contributed by atoms with Gasteiger partial charge in [-0.1, -0.05) is 44.9 Å². The zero-order valence-electron chi connectivity index (χ0n) is 15.1. The SMILES string of the molecule is C=CC1(C)C=C2CCC3C(C)(COC=O)CCCC3(C)C2CC1. The summed E-state index contributed by atoms with van der Waals surface area (Å²) in [5.41, 5.74) is 2.39. The predicted molar refractivity (Wildman–Crippen MR) is 93.9 cm³/mol. The van der Waals surface area contributed by atoms with Crippen molar-refractivity contribution in [2.45, 2.75) is 65.7 Å². The van der Waals surface area contributed by atoms with Gasteiger partial charge in [0.05, 0.1) is 6.61 Å². The first-order valence-electron chi connectivity index (χ1n) is 9.27. The van der Waals surface area contributed by atoms with Gasteiger partial charge in [-0.05, 0) is 55.8 Å². The van der Waals surface area contributed by atoms with E-state index in [1.807, 2.05) is 0 Å². The third-order valence-corrected chi connectivity index (χ3v) is 7.50. The molecule has 0 heterocycles. The highest BCUT2D eigenvalue weighted by atomic mass is 16.5. The lowest BCUT2D eigenvalue weighted by atomic mass is 9.45. The smallest absolute Gasteiger partial charge is 0.293 e. The van der Waals surface area contributed by atoms with E-state index in [-0.39, 0.29) is 10.8 Å². The molecule has 23 heavy (non-hydrogen) atoms. The molecular weight excluding hydrogens is 284 g/mol. The van der Waals surface area contributed by atoms with Crippen LogP contribution in [0.1, 0.15) is 65.7 Å². The molecule has 0 aromatic heterocycles. The lowest BCUT2D eigenvalue weighted by Gasteiger charge is -2.60. The second-order valence-corrected chi connectivity index (χ2v) is 9.03. The van der Waals surface area contributed by atoms with Crippen molar-refractivity contribution in [3.8, 4) is 0 Å². The highest BCUT2D eigenvalue weighted by molar-refractivity contribution is 5.37. The maximum atomic E-state index is 10.7. The molecule has 3 aliphatic rings. The monoisotopic (exact) mass is 316 g/mol. The summed E-state index contributed by atoms with van der Waals surface area (Å²) in [5, 5.41) is 0. The zero-order valence-corrected chi connectivity index (χ0v) is 15.1. The molecule has 0 aromatic carbocycles. The molecule has 128 valence electrons. The van der Waals surface area contributed by atoms with Gasteiger partial charge in [0.25, 0.3) is 6.47 Å². The minimum atomic E-state index is 0.151. The normalized spacial score (nSPS) is 46.1. The van der Waals surface area contributed by atoms with Crippen LogP contribution in [0.25, 0.3) is 0 Å². The van der Waals surface area contributed by atoms with Crippen LogP contribution in [0, 0.1) is 28.1 Å². The summed E-state index contributed by atoms with van der Waals surface area (Å²) in [6.45, 7) is 12.5. The fraction of sp³-hybridized carbons (Fsp3) is 0.762. The number of carbonyl (C=O) groups is 1. The third-order valence-electron chi connectivity index (χ3n) is 7.50. The molecule has 2 nitrogen and oxygen atoms in total. The molecule has 2 fully saturated rings. The summed E-state index contributed by atoms with van der Waals surface area (Å²) < 4.78 is 5.25. The first-order valence-corrected chi connectivity index (χ1v) is 9.27. The summed E-state index contributed by atoms with van der Waals surface area (Å²) in [5.74, 6) is 1.38. The summed E-state index contributed by atoms with van der Waals surface area (Å²) in [6.07, 6.45) is 13.4. The number of hydrogen-bond donors (Lipinski definition) is 0. The van der Waals surface area contributed by atoms with Gasteiger partial charge in [0, 0.05) is 10.8 Å². The van der Waals surface area contributed by atoms with Crippen molar-refractivity contribution in [3.05, 3.63) is 24.3 Å². The quantitative estimate of drug-likeness (QED) is 0.520. The van der Waals surface area contributed by atoms with Gasteiger partial charge >= 0.3 is 0 Å². The zero-order chi connectivity index (χ0) is 16.7. The maximum Gasteiger partial charge on any atom is 0.293 e. The van der Waals surface area contributed by atoms with Crippen LogP contribution in [0.15, 0.2) is 24.3 Å².